The lowest BCUT2D eigenvalue weighted by Crippen LogP contribution is -2.48. The van der Waals surface area contributed by atoms with Gasteiger partial charge >= 0.3 is 0 Å². The highest BCUT2D eigenvalue weighted by Crippen LogP contribution is 2.20. The van der Waals surface area contributed by atoms with E-state index in [4.69, 9.17) is 9.26 Å². The highest BCUT2D eigenvalue weighted by atomic mass is 16.5. The lowest BCUT2D eigenvalue weighted by atomic mass is 10.1. The van der Waals surface area contributed by atoms with Crippen LogP contribution in [0.1, 0.15) is 16.2 Å². The molecule has 4 aromatic rings. The Bertz CT molecular complexity index is 1190. The summed E-state index contributed by atoms with van der Waals surface area (Å²) in [7, 11) is 1.63. The Balaban J connectivity index is 1.15. The van der Waals surface area contributed by atoms with Crippen molar-refractivity contribution >= 4 is 5.91 Å². The Hall–Kier alpha value is -3.91. The number of nitrogens with zero attached hydrogens (tertiary/aromatic N) is 5. The molecule has 0 atom stereocenters. The Morgan fingerprint density at radius 3 is 2.33 bits per heavy atom. The zero-order valence-corrected chi connectivity index (χ0v) is 18.4. The van der Waals surface area contributed by atoms with Crippen LogP contribution in [0.2, 0.25) is 0 Å². The van der Waals surface area contributed by atoms with Crippen molar-refractivity contribution in [1.82, 2.24) is 24.5 Å². The number of hydrogen-bond acceptors (Lipinski definition) is 6. The summed E-state index contributed by atoms with van der Waals surface area (Å²) in [6.45, 7) is 3.41. The van der Waals surface area contributed by atoms with E-state index in [0.717, 1.165) is 30.1 Å². The van der Waals surface area contributed by atoms with Crippen molar-refractivity contribution in [2.45, 2.75) is 6.54 Å². The average Bonchev–Trinajstić information content (AvgIpc) is 3.57. The fourth-order valence-electron chi connectivity index (χ4n) is 3.94. The van der Waals surface area contributed by atoms with Crippen LogP contribution in [0, 0.1) is 0 Å². The van der Waals surface area contributed by atoms with Gasteiger partial charge in [-0.25, -0.2) is 0 Å². The highest BCUT2D eigenvalue weighted by molar-refractivity contribution is 5.94. The van der Waals surface area contributed by atoms with Gasteiger partial charge < -0.3 is 18.7 Å². The topological polar surface area (TPSA) is 76.6 Å². The minimum absolute atomic E-state index is 0.0632. The predicted octanol–water partition coefficient (Wildman–Crippen LogP) is 3.49. The van der Waals surface area contributed by atoms with Crippen LogP contribution in [0.4, 0.5) is 0 Å². The molecule has 1 aliphatic rings. The number of carbonyl (C=O) groups is 1. The van der Waals surface area contributed by atoms with Crippen molar-refractivity contribution in [2.75, 3.05) is 33.3 Å². The van der Waals surface area contributed by atoms with Crippen molar-refractivity contribution in [3.05, 3.63) is 84.5 Å². The maximum Gasteiger partial charge on any atom is 0.253 e. The van der Waals surface area contributed by atoms with E-state index in [0.29, 0.717) is 36.9 Å². The molecular formula is C25H25N5O3. The summed E-state index contributed by atoms with van der Waals surface area (Å²) < 4.78 is 12.7. The summed E-state index contributed by atoms with van der Waals surface area (Å²) in [6.07, 6.45) is 3.97. The van der Waals surface area contributed by atoms with Gasteiger partial charge in [0, 0.05) is 55.4 Å². The third kappa shape index (κ3) is 4.65. The number of ether oxygens (including phenoxy) is 1. The van der Waals surface area contributed by atoms with Gasteiger partial charge in [0.2, 0.25) is 11.7 Å². The van der Waals surface area contributed by atoms with Crippen molar-refractivity contribution in [2.24, 2.45) is 0 Å². The maximum absolute atomic E-state index is 12.9. The fourth-order valence-corrected chi connectivity index (χ4v) is 3.94. The van der Waals surface area contributed by atoms with Crippen LogP contribution in [0.25, 0.3) is 17.1 Å². The summed E-state index contributed by atoms with van der Waals surface area (Å²) >= 11 is 0. The lowest BCUT2D eigenvalue weighted by molar-refractivity contribution is 0.0615. The van der Waals surface area contributed by atoms with E-state index in [-0.39, 0.29) is 5.91 Å². The van der Waals surface area contributed by atoms with Gasteiger partial charge in [-0.15, -0.1) is 0 Å². The molecule has 2 aromatic heterocycles. The van der Waals surface area contributed by atoms with Crippen LogP contribution in [0.5, 0.6) is 5.75 Å². The molecule has 1 aliphatic heterocycles. The third-order valence-electron chi connectivity index (χ3n) is 5.85. The van der Waals surface area contributed by atoms with E-state index in [1.807, 2.05) is 82.5 Å². The first-order chi connectivity index (χ1) is 16.2. The van der Waals surface area contributed by atoms with E-state index in [1.54, 1.807) is 7.11 Å². The second kappa shape index (κ2) is 9.30. The van der Waals surface area contributed by atoms with E-state index >= 15 is 0 Å². The number of methoxy groups -OCH3 is 1. The molecule has 3 heterocycles. The van der Waals surface area contributed by atoms with Gasteiger partial charge in [0.05, 0.1) is 13.7 Å². The molecule has 2 aromatic carbocycles. The summed E-state index contributed by atoms with van der Waals surface area (Å²) in [5.41, 5.74) is 2.62. The van der Waals surface area contributed by atoms with Crippen LogP contribution in [0.15, 0.2) is 77.6 Å². The molecule has 0 unspecified atom stereocenters. The number of carbonyl (C=O) groups excluding carboxylic acids is 1. The van der Waals surface area contributed by atoms with Crippen LogP contribution in [-0.2, 0) is 6.54 Å². The van der Waals surface area contributed by atoms with Crippen LogP contribution >= 0.6 is 0 Å². The van der Waals surface area contributed by atoms with Crippen LogP contribution < -0.4 is 4.74 Å². The van der Waals surface area contributed by atoms with Gasteiger partial charge in [-0.3, -0.25) is 9.69 Å². The molecule has 0 radical (unpaired) electrons. The monoisotopic (exact) mass is 443 g/mol. The molecule has 0 bridgehead atoms. The molecular weight excluding hydrogens is 418 g/mol. The molecule has 8 nitrogen and oxygen atoms in total. The van der Waals surface area contributed by atoms with Gasteiger partial charge in [-0.2, -0.15) is 4.98 Å². The largest absolute Gasteiger partial charge is 0.497 e. The second-order valence-electron chi connectivity index (χ2n) is 7.95. The average molecular weight is 444 g/mol. The van der Waals surface area contributed by atoms with Crippen molar-refractivity contribution in [3.63, 3.8) is 0 Å². The molecule has 0 N–H and O–H groups in total. The number of aromatic nitrogens is 3. The number of rotatable bonds is 6. The van der Waals surface area contributed by atoms with Crippen LogP contribution in [0.3, 0.4) is 0 Å². The van der Waals surface area contributed by atoms with E-state index in [9.17, 15) is 4.79 Å². The Labute approximate surface area is 192 Å². The van der Waals surface area contributed by atoms with Gasteiger partial charge in [0.15, 0.2) is 0 Å². The molecule has 0 saturated carbocycles. The van der Waals surface area contributed by atoms with E-state index in [1.165, 1.54) is 0 Å². The normalized spacial score (nSPS) is 14.4. The molecule has 1 saturated heterocycles. The first-order valence-corrected chi connectivity index (χ1v) is 10.9. The quantitative estimate of drug-likeness (QED) is 0.454. The highest BCUT2D eigenvalue weighted by Gasteiger charge is 2.23. The number of hydrogen-bond donors (Lipinski definition) is 0. The van der Waals surface area contributed by atoms with Gasteiger partial charge in [0.1, 0.15) is 5.75 Å². The summed E-state index contributed by atoms with van der Waals surface area (Å²) in [4.78, 5) is 21.6. The molecule has 168 valence electrons. The number of benzene rings is 2. The minimum Gasteiger partial charge on any atom is -0.497 e. The van der Waals surface area contributed by atoms with Crippen molar-refractivity contribution < 1.29 is 14.1 Å². The van der Waals surface area contributed by atoms with Crippen molar-refractivity contribution in [3.8, 4) is 22.8 Å². The molecule has 8 heteroatoms. The smallest absolute Gasteiger partial charge is 0.253 e. The van der Waals surface area contributed by atoms with Gasteiger partial charge in [0.25, 0.3) is 5.91 Å². The van der Waals surface area contributed by atoms with E-state index in [2.05, 4.69) is 15.0 Å². The Morgan fingerprint density at radius 2 is 1.67 bits per heavy atom. The zero-order chi connectivity index (χ0) is 22.6. The lowest BCUT2D eigenvalue weighted by Gasteiger charge is -2.34. The molecule has 1 amide bonds. The Morgan fingerprint density at radius 1 is 0.970 bits per heavy atom. The summed E-state index contributed by atoms with van der Waals surface area (Å²) in [5.74, 6) is 1.98. The third-order valence-corrected chi connectivity index (χ3v) is 5.85. The fraction of sp³-hybridized carbons (Fsp3) is 0.240. The first-order valence-electron chi connectivity index (χ1n) is 10.9. The van der Waals surface area contributed by atoms with Gasteiger partial charge in [-0.05, 0) is 60.7 Å². The maximum atomic E-state index is 12.9. The SMILES string of the molecule is COc1ccc(-c2noc(CN3CCN(C(=O)c4ccc(-n5cccc5)cc4)CC3)n2)cc1. The molecule has 0 aliphatic carbocycles. The first kappa shape index (κ1) is 21.0. The number of piperazine rings is 1. The molecule has 33 heavy (non-hydrogen) atoms. The minimum atomic E-state index is 0.0632. The zero-order valence-electron chi connectivity index (χ0n) is 18.4. The predicted molar refractivity (Wildman–Crippen MR) is 123 cm³/mol. The Kier molecular flexibility index (Phi) is 5.91. The number of amides is 1. The molecule has 0 spiro atoms. The van der Waals surface area contributed by atoms with E-state index < -0.39 is 0 Å². The van der Waals surface area contributed by atoms with Crippen molar-refractivity contribution in [1.29, 1.82) is 0 Å². The molecule has 1 fully saturated rings. The summed E-state index contributed by atoms with van der Waals surface area (Å²) in [6, 6.07) is 19.2. The van der Waals surface area contributed by atoms with Gasteiger partial charge in [-0.1, -0.05) is 5.16 Å². The molecule has 5 rings (SSSR count). The van der Waals surface area contributed by atoms with Crippen LogP contribution in [-0.4, -0.2) is 63.7 Å². The standard InChI is InChI=1S/C25H25N5O3/c1-32-22-10-6-19(7-11-22)24-26-23(33-27-24)18-28-14-16-30(17-15-28)25(31)20-4-8-21(9-5-20)29-12-2-3-13-29/h2-13H,14-18H2,1H3. The second-order valence-corrected chi connectivity index (χ2v) is 7.95. The summed E-state index contributed by atoms with van der Waals surface area (Å²) in [5, 5.41) is 4.10.